The molecule has 0 aliphatic rings. The average molecular weight is 373 g/mol. The number of halogens is 2. The third-order valence-electron chi connectivity index (χ3n) is 3.02. The Kier molecular flexibility index (Phi) is 4.56. The first-order valence-corrected chi connectivity index (χ1v) is 7.44. The Morgan fingerprint density at radius 1 is 1.28 bits per heavy atom. The second-order valence-electron chi connectivity index (χ2n) is 4.63. The van der Waals surface area contributed by atoms with Gasteiger partial charge in [0.2, 0.25) is 0 Å². The second kappa shape index (κ2) is 5.97. The maximum absolute atomic E-state index is 4.19. The van der Waals surface area contributed by atoms with Gasteiger partial charge in [0.05, 0.1) is 0 Å². The van der Waals surface area contributed by atoms with E-state index in [1.54, 1.807) is 12.7 Å². The normalized spacial score (nSPS) is 12.9. The van der Waals surface area contributed by atoms with Crippen molar-refractivity contribution in [1.29, 1.82) is 0 Å². The molecule has 0 radical (unpaired) electrons. The average Bonchev–Trinajstić information content (AvgIpc) is 2.79. The van der Waals surface area contributed by atoms with E-state index < -0.39 is 0 Å². The molecule has 5 heteroatoms. The SMILES string of the molecule is CC(C)C(Cn1cncn1)c1ccc(Br)cc1Br. The molecule has 2 rings (SSSR count). The molecule has 0 bridgehead atoms. The molecule has 0 spiro atoms. The highest BCUT2D eigenvalue weighted by Gasteiger charge is 2.19. The van der Waals surface area contributed by atoms with Gasteiger partial charge in [-0.15, -0.1) is 0 Å². The van der Waals surface area contributed by atoms with Crippen LogP contribution in [0.2, 0.25) is 0 Å². The van der Waals surface area contributed by atoms with E-state index in [0.717, 1.165) is 15.5 Å². The summed E-state index contributed by atoms with van der Waals surface area (Å²) >= 11 is 7.13. The lowest BCUT2D eigenvalue weighted by Crippen LogP contribution is -2.15. The summed E-state index contributed by atoms with van der Waals surface area (Å²) in [4.78, 5) is 4.00. The highest BCUT2D eigenvalue weighted by Crippen LogP contribution is 2.33. The van der Waals surface area contributed by atoms with Crippen LogP contribution < -0.4 is 0 Å². The van der Waals surface area contributed by atoms with Crippen molar-refractivity contribution in [2.45, 2.75) is 26.3 Å². The molecule has 1 aromatic carbocycles. The highest BCUT2D eigenvalue weighted by molar-refractivity contribution is 9.11. The van der Waals surface area contributed by atoms with Crippen molar-refractivity contribution in [2.75, 3.05) is 0 Å². The summed E-state index contributed by atoms with van der Waals surface area (Å²) in [7, 11) is 0. The summed E-state index contributed by atoms with van der Waals surface area (Å²) in [5.74, 6) is 0.945. The number of hydrogen-bond acceptors (Lipinski definition) is 2. The molecule has 3 nitrogen and oxygen atoms in total. The second-order valence-corrected chi connectivity index (χ2v) is 6.40. The zero-order valence-electron chi connectivity index (χ0n) is 10.3. The van der Waals surface area contributed by atoms with Gasteiger partial charge < -0.3 is 0 Å². The molecule has 0 aliphatic heterocycles. The Morgan fingerprint density at radius 3 is 2.61 bits per heavy atom. The van der Waals surface area contributed by atoms with Gasteiger partial charge in [-0.25, -0.2) is 4.98 Å². The molecule has 1 atom stereocenters. The lowest BCUT2D eigenvalue weighted by molar-refractivity contribution is 0.413. The molecule has 0 fully saturated rings. The minimum Gasteiger partial charge on any atom is -0.252 e. The van der Waals surface area contributed by atoms with Crippen molar-refractivity contribution < 1.29 is 0 Å². The fraction of sp³-hybridized carbons (Fsp3) is 0.385. The minimum atomic E-state index is 0.411. The van der Waals surface area contributed by atoms with Crippen LogP contribution in [0, 0.1) is 5.92 Å². The fourth-order valence-corrected chi connectivity index (χ4v) is 3.34. The minimum absolute atomic E-state index is 0.411. The van der Waals surface area contributed by atoms with Gasteiger partial charge in [0.25, 0.3) is 0 Å². The van der Waals surface area contributed by atoms with Crippen LogP contribution in [-0.4, -0.2) is 14.8 Å². The first-order valence-electron chi connectivity index (χ1n) is 5.85. The molecule has 1 heterocycles. The molecule has 0 amide bonds. The van der Waals surface area contributed by atoms with E-state index in [1.807, 2.05) is 4.68 Å². The van der Waals surface area contributed by atoms with E-state index in [-0.39, 0.29) is 0 Å². The van der Waals surface area contributed by atoms with Gasteiger partial charge in [-0.05, 0) is 23.6 Å². The standard InChI is InChI=1S/C13H15Br2N3/c1-9(2)12(6-18-8-16-7-17-18)11-4-3-10(14)5-13(11)15/h3-5,7-9,12H,6H2,1-2H3. The highest BCUT2D eigenvalue weighted by atomic mass is 79.9. The van der Waals surface area contributed by atoms with Crippen molar-refractivity contribution in [3.8, 4) is 0 Å². The van der Waals surface area contributed by atoms with E-state index >= 15 is 0 Å². The van der Waals surface area contributed by atoms with Crippen molar-refractivity contribution in [1.82, 2.24) is 14.8 Å². The van der Waals surface area contributed by atoms with Crippen molar-refractivity contribution in [3.05, 3.63) is 45.4 Å². The lowest BCUT2D eigenvalue weighted by atomic mass is 9.88. The summed E-state index contributed by atoms with van der Waals surface area (Å²) in [6, 6.07) is 6.33. The van der Waals surface area contributed by atoms with Crippen LogP contribution in [0.3, 0.4) is 0 Å². The summed E-state index contributed by atoms with van der Waals surface area (Å²) in [6.07, 6.45) is 3.34. The zero-order valence-corrected chi connectivity index (χ0v) is 13.5. The molecular weight excluding hydrogens is 358 g/mol. The molecular formula is C13H15Br2N3. The number of aromatic nitrogens is 3. The van der Waals surface area contributed by atoms with Gasteiger partial charge in [0.1, 0.15) is 12.7 Å². The third-order valence-corrected chi connectivity index (χ3v) is 4.20. The molecule has 96 valence electrons. The fourth-order valence-electron chi connectivity index (χ4n) is 2.00. The van der Waals surface area contributed by atoms with Gasteiger partial charge in [0.15, 0.2) is 0 Å². The summed E-state index contributed by atoms with van der Waals surface area (Å²) < 4.78 is 4.11. The monoisotopic (exact) mass is 371 g/mol. The van der Waals surface area contributed by atoms with Crippen molar-refractivity contribution >= 4 is 31.9 Å². The largest absolute Gasteiger partial charge is 0.252 e. The smallest absolute Gasteiger partial charge is 0.137 e. The summed E-state index contributed by atoms with van der Waals surface area (Å²) in [6.45, 7) is 5.31. The Balaban J connectivity index is 2.29. The van der Waals surface area contributed by atoms with E-state index in [0.29, 0.717) is 11.8 Å². The van der Waals surface area contributed by atoms with Gasteiger partial charge in [-0.3, -0.25) is 4.68 Å². The predicted octanol–water partition coefficient (Wildman–Crippen LogP) is 4.24. The topological polar surface area (TPSA) is 30.7 Å². The molecule has 0 aliphatic carbocycles. The summed E-state index contributed by atoms with van der Waals surface area (Å²) in [5.41, 5.74) is 1.31. The Bertz CT molecular complexity index is 509. The van der Waals surface area contributed by atoms with Crippen molar-refractivity contribution in [2.24, 2.45) is 5.92 Å². The van der Waals surface area contributed by atoms with E-state index in [1.165, 1.54) is 5.56 Å². The quantitative estimate of drug-likeness (QED) is 0.803. The maximum atomic E-state index is 4.19. The van der Waals surface area contributed by atoms with Crippen LogP contribution in [0.4, 0.5) is 0 Å². The number of nitrogens with zero attached hydrogens (tertiary/aromatic N) is 3. The first kappa shape index (κ1) is 13.7. The number of benzene rings is 1. The van der Waals surface area contributed by atoms with Crippen molar-refractivity contribution in [3.63, 3.8) is 0 Å². The number of hydrogen-bond donors (Lipinski definition) is 0. The zero-order chi connectivity index (χ0) is 13.1. The Hall–Kier alpha value is -0.680. The first-order chi connectivity index (χ1) is 8.58. The van der Waals surface area contributed by atoms with Gasteiger partial charge >= 0.3 is 0 Å². The maximum Gasteiger partial charge on any atom is 0.137 e. The molecule has 2 aromatic rings. The van der Waals surface area contributed by atoms with Crippen LogP contribution in [0.1, 0.15) is 25.3 Å². The van der Waals surface area contributed by atoms with Crippen LogP contribution in [-0.2, 0) is 6.54 Å². The van der Waals surface area contributed by atoms with E-state index in [4.69, 9.17) is 0 Å². The molecule has 1 aromatic heterocycles. The molecule has 0 N–H and O–H groups in total. The van der Waals surface area contributed by atoms with Crippen LogP contribution in [0.5, 0.6) is 0 Å². The third kappa shape index (κ3) is 3.20. The predicted molar refractivity (Wildman–Crippen MR) is 79.4 cm³/mol. The molecule has 18 heavy (non-hydrogen) atoms. The van der Waals surface area contributed by atoms with E-state index in [2.05, 4.69) is 74.0 Å². The number of rotatable bonds is 4. The van der Waals surface area contributed by atoms with Crippen LogP contribution >= 0.6 is 31.9 Å². The van der Waals surface area contributed by atoms with Gasteiger partial charge in [-0.2, -0.15) is 5.10 Å². The molecule has 1 unspecified atom stereocenters. The van der Waals surface area contributed by atoms with E-state index in [9.17, 15) is 0 Å². The molecule has 0 saturated carbocycles. The molecule has 0 saturated heterocycles. The lowest BCUT2D eigenvalue weighted by Gasteiger charge is -2.22. The van der Waals surface area contributed by atoms with Crippen LogP contribution in [0.25, 0.3) is 0 Å². The van der Waals surface area contributed by atoms with Crippen LogP contribution in [0.15, 0.2) is 39.8 Å². The van der Waals surface area contributed by atoms with Gasteiger partial charge in [-0.1, -0.05) is 51.8 Å². The summed E-state index contributed by atoms with van der Waals surface area (Å²) in [5, 5.41) is 4.19. The Morgan fingerprint density at radius 2 is 2.06 bits per heavy atom. The van der Waals surface area contributed by atoms with Gasteiger partial charge in [0, 0.05) is 21.4 Å². The Labute approximate surface area is 124 Å².